The summed E-state index contributed by atoms with van der Waals surface area (Å²) < 4.78 is 5.17. The lowest BCUT2D eigenvalue weighted by Crippen LogP contribution is -2.17. The molecule has 1 aromatic carbocycles. The normalized spacial score (nSPS) is 12.3. The first-order chi connectivity index (χ1) is 9.06. The predicted molar refractivity (Wildman–Crippen MR) is 72.4 cm³/mol. The molecule has 0 amide bonds. The van der Waals surface area contributed by atoms with Crippen LogP contribution in [0.2, 0.25) is 5.02 Å². The summed E-state index contributed by atoms with van der Waals surface area (Å²) in [5.41, 5.74) is 1.27. The Morgan fingerprint density at radius 3 is 2.68 bits per heavy atom. The van der Waals surface area contributed by atoms with Crippen molar-refractivity contribution in [1.82, 2.24) is 5.32 Å². The van der Waals surface area contributed by atoms with Crippen molar-refractivity contribution in [3.63, 3.8) is 0 Å². The second-order valence-corrected chi connectivity index (χ2v) is 4.70. The summed E-state index contributed by atoms with van der Waals surface area (Å²) in [6.45, 7) is 2.49. The van der Waals surface area contributed by atoms with Crippen LogP contribution in [0.5, 0.6) is 0 Å². The summed E-state index contributed by atoms with van der Waals surface area (Å²) in [7, 11) is 0. The van der Waals surface area contributed by atoms with Crippen molar-refractivity contribution in [2.45, 2.75) is 19.5 Å². The molecule has 2 rings (SSSR count). The summed E-state index contributed by atoms with van der Waals surface area (Å²) in [6, 6.07) is 9.21. The second kappa shape index (κ2) is 5.91. The van der Waals surface area contributed by atoms with Gasteiger partial charge in [0, 0.05) is 11.1 Å². The number of rotatable bonds is 5. The van der Waals surface area contributed by atoms with Crippen LogP contribution in [0.15, 0.2) is 41.0 Å². The highest BCUT2D eigenvalue weighted by Gasteiger charge is 2.10. The van der Waals surface area contributed by atoms with E-state index in [9.17, 15) is 4.79 Å². The minimum absolute atomic E-state index is 0.121. The molecule has 0 aliphatic rings. The third-order valence-electron chi connectivity index (χ3n) is 2.85. The van der Waals surface area contributed by atoms with E-state index < -0.39 is 5.97 Å². The van der Waals surface area contributed by atoms with Crippen molar-refractivity contribution in [3.05, 3.63) is 58.5 Å². The number of hydrogen-bond acceptors (Lipinski definition) is 3. The highest BCUT2D eigenvalue weighted by molar-refractivity contribution is 6.30. The monoisotopic (exact) mass is 279 g/mol. The van der Waals surface area contributed by atoms with E-state index in [4.69, 9.17) is 21.1 Å². The molecule has 0 bridgehead atoms. The van der Waals surface area contributed by atoms with Crippen LogP contribution in [0.1, 0.15) is 34.6 Å². The van der Waals surface area contributed by atoms with Gasteiger partial charge in [0.15, 0.2) is 0 Å². The van der Waals surface area contributed by atoms with Gasteiger partial charge in [0.2, 0.25) is 0 Å². The Morgan fingerprint density at radius 1 is 1.42 bits per heavy atom. The molecule has 19 heavy (non-hydrogen) atoms. The Hall–Kier alpha value is -1.78. The predicted octanol–water partition coefficient (Wildman–Crippen LogP) is 3.48. The highest BCUT2D eigenvalue weighted by Crippen LogP contribution is 2.17. The van der Waals surface area contributed by atoms with Crippen LogP contribution in [0.4, 0.5) is 0 Å². The highest BCUT2D eigenvalue weighted by atomic mass is 35.5. The average Bonchev–Trinajstić information content (AvgIpc) is 2.86. The summed E-state index contributed by atoms with van der Waals surface area (Å²) in [6.07, 6.45) is 1.24. The van der Waals surface area contributed by atoms with E-state index in [0.717, 1.165) is 5.56 Å². The molecule has 0 unspecified atom stereocenters. The average molecular weight is 280 g/mol. The first kappa shape index (κ1) is 13.6. The minimum atomic E-state index is -0.985. The largest absolute Gasteiger partial charge is 0.478 e. The molecule has 0 radical (unpaired) electrons. The van der Waals surface area contributed by atoms with Gasteiger partial charge in [-0.05, 0) is 30.7 Å². The smallest absolute Gasteiger partial charge is 0.338 e. The lowest BCUT2D eigenvalue weighted by molar-refractivity contribution is 0.0696. The quantitative estimate of drug-likeness (QED) is 0.879. The molecule has 0 fully saturated rings. The van der Waals surface area contributed by atoms with Gasteiger partial charge in [-0.15, -0.1) is 0 Å². The molecule has 1 atom stereocenters. The van der Waals surface area contributed by atoms with Crippen LogP contribution >= 0.6 is 11.6 Å². The van der Waals surface area contributed by atoms with E-state index in [1.165, 1.54) is 12.3 Å². The third kappa shape index (κ3) is 3.59. The van der Waals surface area contributed by atoms with E-state index >= 15 is 0 Å². The molecule has 1 aromatic heterocycles. The van der Waals surface area contributed by atoms with E-state index in [0.29, 0.717) is 17.3 Å². The van der Waals surface area contributed by atoms with Crippen LogP contribution in [0.25, 0.3) is 0 Å². The van der Waals surface area contributed by atoms with Gasteiger partial charge < -0.3 is 14.8 Å². The number of nitrogens with one attached hydrogen (secondary N) is 1. The lowest BCUT2D eigenvalue weighted by atomic mass is 10.1. The maximum Gasteiger partial charge on any atom is 0.338 e. The Bertz CT molecular complexity index is 562. The van der Waals surface area contributed by atoms with E-state index in [1.807, 2.05) is 31.2 Å². The van der Waals surface area contributed by atoms with Crippen LogP contribution in [-0.2, 0) is 6.54 Å². The molecular weight excluding hydrogens is 266 g/mol. The number of furan rings is 1. The van der Waals surface area contributed by atoms with Crippen LogP contribution < -0.4 is 5.32 Å². The van der Waals surface area contributed by atoms with Crippen molar-refractivity contribution in [2.75, 3.05) is 0 Å². The zero-order chi connectivity index (χ0) is 13.8. The molecule has 2 N–H and O–H groups in total. The molecule has 1 heterocycles. The molecule has 100 valence electrons. The van der Waals surface area contributed by atoms with Crippen LogP contribution in [0.3, 0.4) is 0 Å². The minimum Gasteiger partial charge on any atom is -0.478 e. The van der Waals surface area contributed by atoms with Crippen molar-refractivity contribution in [2.24, 2.45) is 0 Å². The Kier molecular flexibility index (Phi) is 4.24. The number of benzene rings is 1. The van der Waals surface area contributed by atoms with Crippen molar-refractivity contribution in [3.8, 4) is 0 Å². The SMILES string of the molecule is C[C@@H](NCc1cc(C(=O)O)co1)c1ccc(Cl)cc1. The second-order valence-electron chi connectivity index (χ2n) is 4.26. The standard InChI is InChI=1S/C14H14ClNO3/c1-9(10-2-4-12(15)5-3-10)16-7-13-6-11(8-19-13)14(17)18/h2-6,8-9,16H,7H2,1H3,(H,17,18)/t9-/m1/s1. The Labute approximate surface area is 116 Å². The van der Waals surface area contributed by atoms with Crippen LogP contribution in [0, 0.1) is 0 Å². The fourth-order valence-electron chi connectivity index (χ4n) is 1.71. The van der Waals surface area contributed by atoms with E-state index in [1.54, 1.807) is 0 Å². The van der Waals surface area contributed by atoms with Crippen molar-refractivity contribution in [1.29, 1.82) is 0 Å². The van der Waals surface area contributed by atoms with Crippen LogP contribution in [-0.4, -0.2) is 11.1 Å². The lowest BCUT2D eigenvalue weighted by Gasteiger charge is -2.13. The zero-order valence-electron chi connectivity index (χ0n) is 10.4. The van der Waals surface area contributed by atoms with Crippen molar-refractivity contribution < 1.29 is 14.3 Å². The fourth-order valence-corrected chi connectivity index (χ4v) is 1.83. The van der Waals surface area contributed by atoms with Gasteiger partial charge in [-0.1, -0.05) is 23.7 Å². The topological polar surface area (TPSA) is 62.5 Å². The molecule has 0 spiro atoms. The molecule has 4 nitrogen and oxygen atoms in total. The Balaban J connectivity index is 1.94. The molecule has 0 saturated heterocycles. The number of hydrogen-bond donors (Lipinski definition) is 2. The number of halogens is 1. The third-order valence-corrected chi connectivity index (χ3v) is 3.11. The van der Waals surface area contributed by atoms with Gasteiger partial charge in [-0.3, -0.25) is 0 Å². The molecule has 2 aromatic rings. The number of carboxylic acids is 1. The number of aromatic carboxylic acids is 1. The first-order valence-electron chi connectivity index (χ1n) is 5.86. The molecule has 0 aliphatic carbocycles. The van der Waals surface area contributed by atoms with Crippen molar-refractivity contribution >= 4 is 17.6 Å². The van der Waals surface area contributed by atoms with Gasteiger partial charge >= 0.3 is 5.97 Å². The maximum absolute atomic E-state index is 10.7. The molecule has 0 saturated carbocycles. The summed E-state index contributed by atoms with van der Waals surface area (Å²) >= 11 is 5.83. The molecule has 0 aliphatic heterocycles. The summed E-state index contributed by atoms with van der Waals surface area (Å²) in [4.78, 5) is 10.7. The number of carboxylic acid groups (broad SMARTS) is 1. The Morgan fingerprint density at radius 2 is 2.11 bits per heavy atom. The number of carbonyl (C=O) groups is 1. The first-order valence-corrected chi connectivity index (χ1v) is 6.23. The maximum atomic E-state index is 10.7. The van der Waals surface area contributed by atoms with Gasteiger partial charge in [0.25, 0.3) is 0 Å². The zero-order valence-corrected chi connectivity index (χ0v) is 11.1. The van der Waals surface area contributed by atoms with E-state index in [-0.39, 0.29) is 11.6 Å². The van der Waals surface area contributed by atoms with Gasteiger partial charge in [0.1, 0.15) is 12.0 Å². The van der Waals surface area contributed by atoms with E-state index in [2.05, 4.69) is 5.32 Å². The molecule has 5 heteroatoms. The van der Waals surface area contributed by atoms with Gasteiger partial charge in [0.05, 0.1) is 12.1 Å². The van der Waals surface area contributed by atoms with Gasteiger partial charge in [-0.2, -0.15) is 0 Å². The summed E-state index contributed by atoms with van der Waals surface area (Å²) in [5, 5.41) is 12.7. The fraction of sp³-hybridized carbons (Fsp3) is 0.214. The summed E-state index contributed by atoms with van der Waals surface area (Å²) in [5.74, 6) is -0.390. The van der Waals surface area contributed by atoms with Gasteiger partial charge in [-0.25, -0.2) is 4.79 Å². The molecular formula is C14H14ClNO3.